The summed E-state index contributed by atoms with van der Waals surface area (Å²) in [5, 5.41) is 2.84. The van der Waals surface area contributed by atoms with E-state index in [4.69, 9.17) is 0 Å². The van der Waals surface area contributed by atoms with Crippen molar-refractivity contribution in [1.29, 1.82) is 0 Å². The van der Waals surface area contributed by atoms with E-state index in [2.05, 4.69) is 10.2 Å². The number of carbonyl (C=O) groups excluding carboxylic acids is 3. The number of hydrogen-bond donors (Lipinski definition) is 1. The predicted octanol–water partition coefficient (Wildman–Crippen LogP) is 1.62. The molecule has 1 aromatic carbocycles. The van der Waals surface area contributed by atoms with Crippen LogP contribution >= 0.6 is 0 Å². The maximum Gasteiger partial charge on any atom is 0.253 e. The number of benzene rings is 1. The Morgan fingerprint density at radius 2 is 2.00 bits per heavy atom. The van der Waals surface area contributed by atoms with Gasteiger partial charge in [-0.2, -0.15) is 0 Å². The fourth-order valence-electron chi connectivity index (χ4n) is 3.78. The maximum atomic E-state index is 13.2. The second kappa shape index (κ2) is 7.98. The van der Waals surface area contributed by atoms with E-state index in [-0.39, 0.29) is 30.3 Å². The highest BCUT2D eigenvalue weighted by molar-refractivity contribution is 6.09. The fourth-order valence-corrected chi connectivity index (χ4v) is 3.78. The average molecular weight is 372 g/mol. The van der Waals surface area contributed by atoms with E-state index in [0.29, 0.717) is 17.8 Å². The number of piperidine rings is 1. The second-order valence-electron chi connectivity index (χ2n) is 7.38. The molecular formula is C20H28N4O3. The Labute approximate surface area is 160 Å². The van der Waals surface area contributed by atoms with Crippen LogP contribution in [0.15, 0.2) is 18.2 Å². The number of carbonyl (C=O) groups is 3. The first-order chi connectivity index (χ1) is 12.9. The Morgan fingerprint density at radius 3 is 2.70 bits per heavy atom. The van der Waals surface area contributed by atoms with Crippen molar-refractivity contribution in [3.63, 3.8) is 0 Å². The highest BCUT2D eigenvalue weighted by atomic mass is 16.2. The quantitative estimate of drug-likeness (QED) is 0.852. The zero-order chi connectivity index (χ0) is 19.6. The van der Waals surface area contributed by atoms with Gasteiger partial charge in [0.05, 0.1) is 11.4 Å². The number of anilines is 2. The second-order valence-corrected chi connectivity index (χ2v) is 7.38. The average Bonchev–Trinajstić information content (AvgIpc) is 2.68. The lowest BCUT2D eigenvalue weighted by atomic mass is 9.95. The van der Waals surface area contributed by atoms with E-state index in [1.54, 1.807) is 31.1 Å². The minimum atomic E-state index is -0.222. The smallest absolute Gasteiger partial charge is 0.253 e. The minimum Gasteiger partial charge on any atom is -0.358 e. The van der Waals surface area contributed by atoms with Crippen molar-refractivity contribution in [2.75, 3.05) is 43.5 Å². The van der Waals surface area contributed by atoms with Gasteiger partial charge in [0.1, 0.15) is 12.6 Å². The zero-order valence-corrected chi connectivity index (χ0v) is 16.3. The summed E-state index contributed by atoms with van der Waals surface area (Å²) >= 11 is 0. The Bertz CT molecular complexity index is 747. The Morgan fingerprint density at radius 1 is 1.22 bits per heavy atom. The molecule has 0 radical (unpaired) electrons. The van der Waals surface area contributed by atoms with Crippen LogP contribution < -0.4 is 15.1 Å². The highest BCUT2D eigenvalue weighted by Gasteiger charge is 2.40. The molecule has 27 heavy (non-hydrogen) atoms. The van der Waals surface area contributed by atoms with Gasteiger partial charge in [-0.25, -0.2) is 0 Å². The third-order valence-corrected chi connectivity index (χ3v) is 5.16. The molecule has 2 aliphatic rings. The van der Waals surface area contributed by atoms with Crippen LogP contribution in [0.5, 0.6) is 0 Å². The molecule has 1 saturated heterocycles. The molecule has 3 rings (SSSR count). The molecule has 2 heterocycles. The normalized spacial score (nSPS) is 18.6. The molecule has 1 atom stereocenters. The Balaban J connectivity index is 1.99. The molecule has 7 nitrogen and oxygen atoms in total. The summed E-state index contributed by atoms with van der Waals surface area (Å²) in [6.07, 6.45) is 3.69. The van der Waals surface area contributed by atoms with Crippen molar-refractivity contribution < 1.29 is 14.4 Å². The minimum absolute atomic E-state index is 0.0181. The fraction of sp³-hybridized carbons (Fsp3) is 0.550. The molecule has 0 bridgehead atoms. The number of nitrogens with zero attached hydrogens (tertiary/aromatic N) is 3. The molecule has 2 aliphatic heterocycles. The van der Waals surface area contributed by atoms with Crippen LogP contribution in [0.25, 0.3) is 0 Å². The van der Waals surface area contributed by atoms with Crippen LogP contribution in [-0.2, 0) is 9.59 Å². The third kappa shape index (κ3) is 3.77. The highest BCUT2D eigenvalue weighted by Crippen LogP contribution is 2.40. The number of nitrogens with one attached hydrogen (secondary N) is 1. The standard InChI is InChI=1S/C20H28N4O3/c1-4-10-21-18(25)13-24-17-12-14(19(26)22(2)3)8-9-15(17)23-11-6-5-7-16(23)20(24)27/h8-9,12,16H,4-7,10-11,13H2,1-3H3,(H,21,25). The van der Waals surface area contributed by atoms with Crippen molar-refractivity contribution in [2.24, 2.45) is 0 Å². The van der Waals surface area contributed by atoms with Gasteiger partial charge in [0.2, 0.25) is 11.8 Å². The van der Waals surface area contributed by atoms with Crippen molar-refractivity contribution in [2.45, 2.75) is 38.6 Å². The lowest BCUT2D eigenvalue weighted by Gasteiger charge is -2.45. The molecular weight excluding hydrogens is 344 g/mol. The van der Waals surface area contributed by atoms with E-state index in [0.717, 1.165) is 37.9 Å². The van der Waals surface area contributed by atoms with Crippen molar-refractivity contribution >= 4 is 29.1 Å². The Hall–Kier alpha value is -2.57. The molecule has 3 amide bonds. The Kier molecular flexibility index (Phi) is 5.68. The van der Waals surface area contributed by atoms with Crippen molar-refractivity contribution in [1.82, 2.24) is 10.2 Å². The summed E-state index contributed by atoms with van der Waals surface area (Å²) in [6.45, 7) is 3.37. The SMILES string of the molecule is CCCNC(=O)CN1C(=O)C2CCCCN2c2ccc(C(=O)N(C)C)cc21. The summed E-state index contributed by atoms with van der Waals surface area (Å²) in [5.74, 6) is -0.352. The summed E-state index contributed by atoms with van der Waals surface area (Å²) in [5.41, 5.74) is 2.09. The molecule has 1 unspecified atom stereocenters. The van der Waals surface area contributed by atoms with Gasteiger partial charge in [0, 0.05) is 32.7 Å². The topological polar surface area (TPSA) is 73.0 Å². The van der Waals surface area contributed by atoms with Gasteiger partial charge in [-0.3, -0.25) is 19.3 Å². The number of amides is 3. The van der Waals surface area contributed by atoms with Gasteiger partial charge < -0.3 is 15.1 Å². The number of fused-ring (bicyclic) bond motifs is 3. The third-order valence-electron chi connectivity index (χ3n) is 5.16. The summed E-state index contributed by atoms with van der Waals surface area (Å²) in [6, 6.07) is 5.24. The van der Waals surface area contributed by atoms with Crippen LogP contribution in [0.1, 0.15) is 43.0 Å². The lowest BCUT2D eigenvalue weighted by Crippen LogP contribution is -2.57. The molecule has 1 fully saturated rings. The predicted molar refractivity (Wildman–Crippen MR) is 105 cm³/mol. The van der Waals surface area contributed by atoms with Gasteiger partial charge in [0.15, 0.2) is 0 Å². The molecule has 1 N–H and O–H groups in total. The van der Waals surface area contributed by atoms with Crippen LogP contribution in [0, 0.1) is 0 Å². The maximum absolute atomic E-state index is 13.2. The van der Waals surface area contributed by atoms with E-state index >= 15 is 0 Å². The summed E-state index contributed by atoms with van der Waals surface area (Å²) in [4.78, 5) is 43.1. The van der Waals surface area contributed by atoms with E-state index in [1.165, 1.54) is 4.90 Å². The number of hydrogen-bond acceptors (Lipinski definition) is 4. The van der Waals surface area contributed by atoms with Crippen LogP contribution in [0.3, 0.4) is 0 Å². The van der Waals surface area contributed by atoms with Gasteiger partial charge in [-0.1, -0.05) is 6.92 Å². The zero-order valence-electron chi connectivity index (χ0n) is 16.3. The molecule has 0 aliphatic carbocycles. The monoisotopic (exact) mass is 372 g/mol. The first-order valence-electron chi connectivity index (χ1n) is 9.64. The summed E-state index contributed by atoms with van der Waals surface area (Å²) < 4.78 is 0. The largest absolute Gasteiger partial charge is 0.358 e. The van der Waals surface area contributed by atoms with E-state index in [1.807, 2.05) is 13.0 Å². The molecule has 0 spiro atoms. The molecule has 146 valence electrons. The van der Waals surface area contributed by atoms with Gasteiger partial charge in [-0.05, 0) is 43.9 Å². The van der Waals surface area contributed by atoms with Gasteiger partial charge in [0.25, 0.3) is 5.91 Å². The van der Waals surface area contributed by atoms with Crippen LogP contribution in [0.4, 0.5) is 11.4 Å². The molecule has 1 aromatic rings. The van der Waals surface area contributed by atoms with E-state index in [9.17, 15) is 14.4 Å². The van der Waals surface area contributed by atoms with Gasteiger partial charge >= 0.3 is 0 Å². The molecule has 0 saturated carbocycles. The summed E-state index contributed by atoms with van der Waals surface area (Å²) in [7, 11) is 3.40. The van der Waals surface area contributed by atoms with E-state index < -0.39 is 0 Å². The molecule has 7 heteroatoms. The number of rotatable bonds is 5. The van der Waals surface area contributed by atoms with Crippen molar-refractivity contribution in [3.8, 4) is 0 Å². The lowest BCUT2D eigenvalue weighted by molar-refractivity contribution is -0.125. The molecule has 0 aromatic heterocycles. The van der Waals surface area contributed by atoms with Crippen molar-refractivity contribution in [3.05, 3.63) is 23.8 Å². The first-order valence-corrected chi connectivity index (χ1v) is 9.64. The first kappa shape index (κ1) is 19.2. The van der Waals surface area contributed by atoms with Crippen LogP contribution in [-0.4, -0.2) is 62.4 Å². The van der Waals surface area contributed by atoms with Crippen LogP contribution in [0.2, 0.25) is 0 Å². The van der Waals surface area contributed by atoms with Gasteiger partial charge in [-0.15, -0.1) is 0 Å².